The summed E-state index contributed by atoms with van der Waals surface area (Å²) in [6, 6.07) is 7.71. The number of fused-ring (bicyclic) bond motifs is 1. The van der Waals surface area contributed by atoms with Gasteiger partial charge in [0.2, 0.25) is 0 Å². The Balaban J connectivity index is 2.03. The summed E-state index contributed by atoms with van der Waals surface area (Å²) in [5.41, 5.74) is 1.29. The van der Waals surface area contributed by atoms with Crippen molar-refractivity contribution >= 4 is 34.2 Å². The summed E-state index contributed by atoms with van der Waals surface area (Å²) >= 11 is 6.00. The average molecular weight is 315 g/mol. The van der Waals surface area contributed by atoms with Crippen LogP contribution in [0.3, 0.4) is 0 Å². The summed E-state index contributed by atoms with van der Waals surface area (Å²) in [4.78, 5) is 28.2. The highest BCUT2D eigenvalue weighted by molar-refractivity contribution is 6.32. The molecule has 0 unspecified atom stereocenters. The van der Waals surface area contributed by atoms with Gasteiger partial charge in [0, 0.05) is 17.3 Å². The molecule has 2 heterocycles. The van der Waals surface area contributed by atoms with E-state index >= 15 is 0 Å². The van der Waals surface area contributed by atoms with Crippen molar-refractivity contribution in [2.75, 3.05) is 5.32 Å². The number of pyridine rings is 1. The van der Waals surface area contributed by atoms with Gasteiger partial charge in [-0.1, -0.05) is 11.6 Å². The molecule has 2 aromatic heterocycles. The fraction of sp³-hybridized carbons (Fsp3) is 0.0625. The second kappa shape index (κ2) is 5.61. The van der Waals surface area contributed by atoms with Gasteiger partial charge in [-0.2, -0.15) is 0 Å². The maximum atomic E-state index is 12.2. The van der Waals surface area contributed by atoms with Gasteiger partial charge >= 0.3 is 0 Å². The molecule has 22 heavy (non-hydrogen) atoms. The molecule has 3 aromatic rings. The van der Waals surface area contributed by atoms with Gasteiger partial charge in [0.25, 0.3) is 5.91 Å². The number of nitrogens with zero attached hydrogens (tertiary/aromatic N) is 1. The Morgan fingerprint density at radius 1 is 1.32 bits per heavy atom. The Morgan fingerprint density at radius 2 is 2.14 bits per heavy atom. The predicted molar refractivity (Wildman–Crippen MR) is 84.4 cm³/mol. The fourth-order valence-electron chi connectivity index (χ4n) is 2.02. The molecule has 0 aliphatic carbocycles. The molecule has 0 radical (unpaired) electrons. The normalized spacial score (nSPS) is 10.6. The van der Waals surface area contributed by atoms with Crippen LogP contribution in [0.25, 0.3) is 11.0 Å². The van der Waals surface area contributed by atoms with E-state index in [1.807, 2.05) is 0 Å². The Morgan fingerprint density at radius 3 is 2.86 bits per heavy atom. The van der Waals surface area contributed by atoms with Gasteiger partial charge in [-0.25, -0.2) is 0 Å². The van der Waals surface area contributed by atoms with Gasteiger partial charge < -0.3 is 9.73 Å². The van der Waals surface area contributed by atoms with Crippen LogP contribution in [0, 0.1) is 6.92 Å². The van der Waals surface area contributed by atoms with Crippen LogP contribution in [0.2, 0.25) is 5.02 Å². The minimum absolute atomic E-state index is 0.0666. The minimum atomic E-state index is -0.514. The van der Waals surface area contributed by atoms with Crippen LogP contribution in [-0.2, 0) is 0 Å². The van der Waals surface area contributed by atoms with Gasteiger partial charge in [-0.3, -0.25) is 14.6 Å². The summed E-state index contributed by atoms with van der Waals surface area (Å²) in [6.07, 6.45) is 3.10. The first kappa shape index (κ1) is 14.3. The van der Waals surface area contributed by atoms with Crippen LogP contribution in [0.15, 0.2) is 51.9 Å². The SMILES string of the molecule is Cc1cc2oc(C(=O)Nc3cccnc3)cc(=O)c2cc1Cl. The first-order valence-electron chi connectivity index (χ1n) is 6.50. The summed E-state index contributed by atoms with van der Waals surface area (Å²) in [7, 11) is 0. The maximum absolute atomic E-state index is 12.2. The summed E-state index contributed by atoms with van der Waals surface area (Å²) in [5, 5.41) is 3.44. The van der Waals surface area contributed by atoms with Crippen molar-refractivity contribution in [3.05, 3.63) is 69.3 Å². The number of hydrogen-bond donors (Lipinski definition) is 1. The van der Waals surface area contributed by atoms with Crippen LogP contribution < -0.4 is 10.7 Å². The van der Waals surface area contributed by atoms with E-state index in [1.165, 1.54) is 6.20 Å². The number of nitrogens with one attached hydrogen (secondary N) is 1. The van der Waals surface area contributed by atoms with E-state index in [1.54, 1.807) is 37.4 Å². The Hall–Kier alpha value is -2.66. The molecule has 0 aliphatic rings. The Kier molecular flexibility index (Phi) is 3.65. The van der Waals surface area contributed by atoms with Gasteiger partial charge in [0.15, 0.2) is 11.2 Å². The molecule has 0 saturated carbocycles. The zero-order valence-corrected chi connectivity index (χ0v) is 12.3. The van der Waals surface area contributed by atoms with Crippen molar-refractivity contribution in [1.29, 1.82) is 0 Å². The zero-order chi connectivity index (χ0) is 15.7. The molecule has 0 atom stereocenters. The van der Waals surface area contributed by atoms with E-state index in [-0.39, 0.29) is 11.2 Å². The number of halogens is 1. The highest BCUT2D eigenvalue weighted by Crippen LogP contribution is 2.22. The number of rotatable bonds is 2. The van der Waals surface area contributed by atoms with Crippen LogP contribution in [0.4, 0.5) is 5.69 Å². The van der Waals surface area contributed by atoms with E-state index < -0.39 is 5.91 Å². The van der Waals surface area contributed by atoms with Gasteiger partial charge in [-0.15, -0.1) is 0 Å². The molecule has 0 spiro atoms. The number of benzene rings is 1. The Bertz CT molecular complexity index is 920. The van der Waals surface area contributed by atoms with Crippen molar-refractivity contribution in [3.8, 4) is 0 Å². The maximum Gasteiger partial charge on any atom is 0.291 e. The number of hydrogen-bond acceptors (Lipinski definition) is 4. The molecule has 0 saturated heterocycles. The molecular weight excluding hydrogens is 304 g/mol. The van der Waals surface area contributed by atoms with Gasteiger partial charge in [0.1, 0.15) is 5.58 Å². The molecule has 6 heteroatoms. The third-order valence-electron chi connectivity index (χ3n) is 3.15. The number of anilines is 1. The summed E-state index contributed by atoms with van der Waals surface area (Å²) in [5.74, 6) is -0.581. The monoisotopic (exact) mass is 314 g/mol. The molecule has 0 bridgehead atoms. The number of carbonyl (C=O) groups is 1. The van der Waals surface area contributed by atoms with Crippen molar-refractivity contribution in [1.82, 2.24) is 4.98 Å². The lowest BCUT2D eigenvalue weighted by molar-refractivity contribution is 0.0997. The van der Waals surface area contributed by atoms with Crippen molar-refractivity contribution in [2.24, 2.45) is 0 Å². The Labute approximate surface area is 130 Å². The second-order valence-electron chi connectivity index (χ2n) is 4.77. The molecule has 1 N–H and O–H groups in total. The number of aryl methyl sites for hydroxylation is 1. The third kappa shape index (κ3) is 2.71. The predicted octanol–water partition coefficient (Wildman–Crippen LogP) is 3.40. The van der Waals surface area contributed by atoms with E-state index in [4.69, 9.17) is 16.0 Å². The van der Waals surface area contributed by atoms with Crippen LogP contribution >= 0.6 is 11.6 Å². The molecule has 0 fully saturated rings. The molecule has 110 valence electrons. The van der Waals surface area contributed by atoms with E-state index in [9.17, 15) is 9.59 Å². The van der Waals surface area contributed by atoms with E-state index in [0.29, 0.717) is 21.7 Å². The second-order valence-corrected chi connectivity index (χ2v) is 5.18. The molecule has 1 aromatic carbocycles. The molecule has 5 nitrogen and oxygen atoms in total. The summed E-state index contributed by atoms with van der Waals surface area (Å²) < 4.78 is 5.52. The fourth-order valence-corrected chi connectivity index (χ4v) is 2.18. The first-order valence-corrected chi connectivity index (χ1v) is 6.88. The lowest BCUT2D eigenvalue weighted by Gasteiger charge is -2.06. The lowest BCUT2D eigenvalue weighted by Crippen LogP contribution is -2.15. The van der Waals surface area contributed by atoms with Crippen LogP contribution in [0.1, 0.15) is 16.1 Å². The molecule has 3 rings (SSSR count). The average Bonchev–Trinajstić information content (AvgIpc) is 2.50. The largest absolute Gasteiger partial charge is 0.451 e. The quantitative estimate of drug-likeness (QED) is 0.787. The van der Waals surface area contributed by atoms with Gasteiger partial charge in [0.05, 0.1) is 17.3 Å². The number of amides is 1. The first-order chi connectivity index (χ1) is 10.5. The van der Waals surface area contributed by atoms with Gasteiger partial charge in [-0.05, 0) is 36.8 Å². The molecular formula is C16H11ClN2O3. The summed E-state index contributed by atoms with van der Waals surface area (Å²) in [6.45, 7) is 1.80. The van der Waals surface area contributed by atoms with E-state index in [2.05, 4.69) is 10.3 Å². The third-order valence-corrected chi connectivity index (χ3v) is 3.56. The number of aromatic nitrogens is 1. The highest BCUT2D eigenvalue weighted by Gasteiger charge is 2.13. The lowest BCUT2D eigenvalue weighted by atomic mass is 10.1. The highest BCUT2D eigenvalue weighted by atomic mass is 35.5. The molecule has 1 amide bonds. The zero-order valence-electron chi connectivity index (χ0n) is 11.6. The van der Waals surface area contributed by atoms with Crippen molar-refractivity contribution < 1.29 is 9.21 Å². The van der Waals surface area contributed by atoms with Crippen LogP contribution in [0.5, 0.6) is 0 Å². The smallest absolute Gasteiger partial charge is 0.291 e. The van der Waals surface area contributed by atoms with Crippen molar-refractivity contribution in [2.45, 2.75) is 6.92 Å². The van der Waals surface area contributed by atoms with E-state index in [0.717, 1.165) is 11.6 Å². The topological polar surface area (TPSA) is 72.2 Å². The standard InChI is InChI=1S/C16H11ClN2O3/c1-9-5-14-11(6-12(9)17)13(20)7-15(22-14)16(21)19-10-3-2-4-18-8-10/h2-8H,1H3,(H,19,21). The number of carbonyl (C=O) groups excluding carboxylic acids is 1. The van der Waals surface area contributed by atoms with Crippen LogP contribution in [-0.4, -0.2) is 10.9 Å². The molecule has 0 aliphatic heterocycles. The van der Waals surface area contributed by atoms with Crippen molar-refractivity contribution in [3.63, 3.8) is 0 Å². The minimum Gasteiger partial charge on any atom is -0.451 e.